The first kappa shape index (κ1) is 15.4. The number of unbranched alkanes of at least 4 members (excludes halogenated alkanes) is 3. The van der Waals surface area contributed by atoms with Crippen LogP contribution in [-0.2, 0) is 4.79 Å². The van der Waals surface area contributed by atoms with E-state index in [4.69, 9.17) is 0 Å². The third-order valence-corrected chi connectivity index (χ3v) is 3.42. The van der Waals surface area contributed by atoms with Crippen molar-refractivity contribution < 1.29 is 15.0 Å². The zero-order chi connectivity index (χ0) is 13.5. The molecule has 0 bridgehead atoms. The lowest BCUT2D eigenvalue weighted by molar-refractivity contribution is -0.123. The summed E-state index contributed by atoms with van der Waals surface area (Å²) in [6.45, 7) is 5.63. The van der Waals surface area contributed by atoms with E-state index < -0.39 is 12.2 Å². The van der Waals surface area contributed by atoms with Crippen LogP contribution < -0.4 is 5.32 Å². The molecule has 5 nitrogen and oxygen atoms in total. The van der Waals surface area contributed by atoms with Gasteiger partial charge in [0.1, 0.15) is 6.10 Å². The molecule has 1 rings (SSSR count). The number of likely N-dealkylation sites (tertiary alicyclic amines) is 1. The topological polar surface area (TPSA) is 72.8 Å². The van der Waals surface area contributed by atoms with Crippen LogP contribution in [0.5, 0.6) is 0 Å². The molecule has 1 fully saturated rings. The van der Waals surface area contributed by atoms with E-state index >= 15 is 0 Å². The third kappa shape index (κ3) is 4.92. The first-order chi connectivity index (χ1) is 8.54. The molecule has 0 aliphatic carbocycles. The zero-order valence-corrected chi connectivity index (χ0v) is 11.4. The van der Waals surface area contributed by atoms with Crippen LogP contribution in [0.1, 0.15) is 39.5 Å². The Morgan fingerprint density at radius 3 is 2.61 bits per heavy atom. The van der Waals surface area contributed by atoms with Gasteiger partial charge in [0.25, 0.3) is 0 Å². The lowest BCUT2D eigenvalue weighted by Gasteiger charge is -2.39. The summed E-state index contributed by atoms with van der Waals surface area (Å²) in [7, 11) is 0. The maximum absolute atomic E-state index is 11.0. The van der Waals surface area contributed by atoms with E-state index in [9.17, 15) is 15.0 Å². The number of hydrogen-bond acceptors (Lipinski definition) is 4. The van der Waals surface area contributed by atoms with Gasteiger partial charge in [-0.2, -0.15) is 0 Å². The molecule has 1 aliphatic rings. The van der Waals surface area contributed by atoms with E-state index in [1.54, 1.807) is 0 Å². The van der Waals surface area contributed by atoms with Gasteiger partial charge in [-0.05, 0) is 13.0 Å². The quantitative estimate of drug-likeness (QED) is 0.591. The van der Waals surface area contributed by atoms with Crippen molar-refractivity contribution in [2.24, 2.45) is 0 Å². The fourth-order valence-corrected chi connectivity index (χ4v) is 2.44. The molecule has 3 atom stereocenters. The van der Waals surface area contributed by atoms with Crippen molar-refractivity contribution in [1.82, 2.24) is 10.2 Å². The lowest BCUT2D eigenvalue weighted by atomic mass is 9.99. The number of nitrogens with zero attached hydrogens (tertiary/aromatic N) is 1. The number of aliphatic hydroxyl groups is 2. The van der Waals surface area contributed by atoms with Crippen LogP contribution in [0.2, 0.25) is 0 Å². The van der Waals surface area contributed by atoms with Gasteiger partial charge in [0.05, 0.1) is 12.1 Å². The summed E-state index contributed by atoms with van der Waals surface area (Å²) in [4.78, 5) is 13.2. The first-order valence-electron chi connectivity index (χ1n) is 6.90. The molecule has 0 unspecified atom stereocenters. The Kier molecular flexibility index (Phi) is 6.60. The number of amides is 1. The van der Waals surface area contributed by atoms with Crippen LogP contribution in [0, 0.1) is 0 Å². The Hall–Kier alpha value is -0.650. The second-order valence-electron chi connectivity index (χ2n) is 5.19. The molecule has 0 aromatic carbocycles. The van der Waals surface area contributed by atoms with Crippen molar-refractivity contribution in [3.8, 4) is 0 Å². The van der Waals surface area contributed by atoms with Gasteiger partial charge in [-0.25, -0.2) is 0 Å². The average Bonchev–Trinajstić information content (AvgIpc) is 2.30. The maximum Gasteiger partial charge on any atom is 0.217 e. The molecule has 3 N–H and O–H groups in total. The van der Waals surface area contributed by atoms with Gasteiger partial charge in [-0.15, -0.1) is 0 Å². The van der Waals surface area contributed by atoms with E-state index in [0.717, 1.165) is 13.0 Å². The molecule has 0 spiro atoms. The van der Waals surface area contributed by atoms with E-state index in [0.29, 0.717) is 13.1 Å². The second kappa shape index (κ2) is 7.71. The van der Waals surface area contributed by atoms with E-state index in [-0.39, 0.29) is 11.9 Å². The summed E-state index contributed by atoms with van der Waals surface area (Å²) >= 11 is 0. The zero-order valence-electron chi connectivity index (χ0n) is 11.4. The number of carbonyl (C=O) groups excluding carboxylic acids is 1. The normalized spacial score (nSPS) is 29.2. The van der Waals surface area contributed by atoms with E-state index in [2.05, 4.69) is 17.1 Å². The van der Waals surface area contributed by atoms with Gasteiger partial charge in [-0.3, -0.25) is 9.69 Å². The number of nitrogens with one attached hydrogen (secondary N) is 1. The van der Waals surface area contributed by atoms with Gasteiger partial charge < -0.3 is 15.5 Å². The Morgan fingerprint density at radius 2 is 2.00 bits per heavy atom. The summed E-state index contributed by atoms with van der Waals surface area (Å²) in [6.07, 6.45) is 3.09. The fraction of sp³-hybridized carbons (Fsp3) is 0.923. The SMILES string of the molecule is CCCCCCN1C[C@@H](O)[C@H](O)[C@@H](NC(C)=O)C1. The maximum atomic E-state index is 11.0. The van der Waals surface area contributed by atoms with Crippen LogP contribution in [0.3, 0.4) is 0 Å². The number of β-amino-alcohol motifs (C(OH)–C–C–N with tert-alkyl or cyclic N) is 1. The summed E-state index contributed by atoms with van der Waals surface area (Å²) in [5.74, 6) is -0.168. The number of rotatable bonds is 6. The van der Waals surface area contributed by atoms with Crippen molar-refractivity contribution in [2.75, 3.05) is 19.6 Å². The van der Waals surface area contributed by atoms with Crippen molar-refractivity contribution in [3.05, 3.63) is 0 Å². The van der Waals surface area contributed by atoms with Crippen LogP contribution in [0.4, 0.5) is 0 Å². The molecule has 1 amide bonds. The van der Waals surface area contributed by atoms with E-state index in [1.165, 1.54) is 26.2 Å². The Bertz CT molecular complexity index is 261. The number of hydrogen-bond donors (Lipinski definition) is 3. The average molecular weight is 258 g/mol. The minimum atomic E-state index is -0.860. The monoisotopic (exact) mass is 258 g/mol. The first-order valence-corrected chi connectivity index (χ1v) is 6.90. The molecule has 1 saturated heterocycles. The van der Waals surface area contributed by atoms with Gasteiger partial charge >= 0.3 is 0 Å². The van der Waals surface area contributed by atoms with Crippen LogP contribution >= 0.6 is 0 Å². The highest BCUT2D eigenvalue weighted by Crippen LogP contribution is 2.13. The molecular formula is C13H26N2O3. The largest absolute Gasteiger partial charge is 0.389 e. The lowest BCUT2D eigenvalue weighted by Crippen LogP contribution is -2.61. The number of carbonyl (C=O) groups is 1. The van der Waals surface area contributed by atoms with E-state index in [1.807, 2.05) is 0 Å². The van der Waals surface area contributed by atoms with Crippen molar-refractivity contribution in [1.29, 1.82) is 0 Å². The highest BCUT2D eigenvalue weighted by atomic mass is 16.3. The molecule has 0 aromatic heterocycles. The smallest absolute Gasteiger partial charge is 0.217 e. The molecule has 0 aromatic rings. The molecule has 5 heteroatoms. The van der Waals surface area contributed by atoms with Gasteiger partial charge in [0.2, 0.25) is 5.91 Å². The number of aliphatic hydroxyl groups excluding tert-OH is 2. The highest BCUT2D eigenvalue weighted by molar-refractivity contribution is 5.73. The minimum absolute atomic E-state index is 0.168. The predicted molar refractivity (Wildman–Crippen MR) is 70.2 cm³/mol. The molecular weight excluding hydrogens is 232 g/mol. The molecule has 0 saturated carbocycles. The molecule has 1 aliphatic heterocycles. The van der Waals surface area contributed by atoms with Gasteiger partial charge in [0.15, 0.2) is 0 Å². The molecule has 106 valence electrons. The minimum Gasteiger partial charge on any atom is -0.389 e. The number of piperidine rings is 1. The fourth-order valence-electron chi connectivity index (χ4n) is 2.44. The predicted octanol–water partition coefficient (Wildman–Crippen LogP) is 0.109. The highest BCUT2D eigenvalue weighted by Gasteiger charge is 2.34. The molecule has 1 heterocycles. The molecule has 18 heavy (non-hydrogen) atoms. The molecule has 0 radical (unpaired) electrons. The van der Waals surface area contributed by atoms with Crippen LogP contribution in [0.15, 0.2) is 0 Å². The van der Waals surface area contributed by atoms with Crippen LogP contribution in [-0.4, -0.2) is 58.9 Å². The van der Waals surface area contributed by atoms with Gasteiger partial charge in [-0.1, -0.05) is 26.2 Å². The Balaban J connectivity index is 2.38. The van der Waals surface area contributed by atoms with Crippen molar-refractivity contribution in [3.63, 3.8) is 0 Å². The van der Waals surface area contributed by atoms with Crippen molar-refractivity contribution >= 4 is 5.91 Å². The Morgan fingerprint density at radius 1 is 1.28 bits per heavy atom. The van der Waals surface area contributed by atoms with Crippen molar-refractivity contribution in [2.45, 2.75) is 57.8 Å². The summed E-state index contributed by atoms with van der Waals surface area (Å²) < 4.78 is 0. The third-order valence-electron chi connectivity index (χ3n) is 3.42. The standard InChI is InChI=1S/C13H26N2O3/c1-3-4-5-6-7-15-8-11(14-10(2)16)13(18)12(17)9-15/h11-13,17-18H,3-9H2,1-2H3,(H,14,16)/t11-,12+,13+/m0/s1. The Labute approximate surface area is 109 Å². The summed E-state index contributed by atoms with van der Waals surface area (Å²) in [5, 5.41) is 22.3. The summed E-state index contributed by atoms with van der Waals surface area (Å²) in [5.41, 5.74) is 0. The summed E-state index contributed by atoms with van der Waals surface area (Å²) in [6, 6.07) is -0.363. The van der Waals surface area contributed by atoms with Crippen LogP contribution in [0.25, 0.3) is 0 Å². The van der Waals surface area contributed by atoms with Gasteiger partial charge in [0, 0.05) is 20.0 Å². The second-order valence-corrected chi connectivity index (χ2v) is 5.19.